The molecule has 1 aliphatic carbocycles. The van der Waals surface area contributed by atoms with Gasteiger partial charge in [-0.25, -0.2) is 15.0 Å². The SMILES string of the molecule is Nc1ncc(-c2cc(N3CC4CC3CO4)nc(N3CCC4(CC3)CC4)n2)cn1. The van der Waals surface area contributed by atoms with E-state index in [9.17, 15) is 0 Å². The summed E-state index contributed by atoms with van der Waals surface area (Å²) >= 11 is 0. The molecule has 0 aromatic carbocycles. The first-order valence-corrected chi connectivity index (χ1v) is 10.3. The zero-order valence-electron chi connectivity index (χ0n) is 15.9. The maximum atomic E-state index is 5.78. The maximum Gasteiger partial charge on any atom is 0.227 e. The van der Waals surface area contributed by atoms with E-state index in [0.717, 1.165) is 55.7 Å². The monoisotopic (exact) mass is 379 g/mol. The number of morpholine rings is 1. The van der Waals surface area contributed by atoms with Crippen LogP contribution in [0.5, 0.6) is 0 Å². The van der Waals surface area contributed by atoms with Crippen LogP contribution in [0.3, 0.4) is 0 Å². The highest BCUT2D eigenvalue weighted by Gasteiger charge is 2.45. The first-order valence-electron chi connectivity index (χ1n) is 10.3. The summed E-state index contributed by atoms with van der Waals surface area (Å²) in [5.74, 6) is 2.08. The van der Waals surface area contributed by atoms with Crippen LogP contribution < -0.4 is 15.5 Å². The van der Waals surface area contributed by atoms with Crippen molar-refractivity contribution in [2.24, 2.45) is 5.41 Å². The lowest BCUT2D eigenvalue weighted by molar-refractivity contribution is 0.0989. The molecular formula is C20H25N7O. The Hall–Kier alpha value is -2.48. The van der Waals surface area contributed by atoms with E-state index < -0.39 is 0 Å². The standard InChI is InChI=1S/C20H25N7O/c21-18-22-9-13(10-23-18)16-8-17(27-11-15-7-14(27)12-28-15)25-19(24-16)26-5-3-20(1-2-20)4-6-26/h8-10,14-15H,1-7,11-12H2,(H2,21,22,23). The smallest absolute Gasteiger partial charge is 0.227 e. The molecule has 0 radical (unpaired) electrons. The molecule has 2 atom stereocenters. The molecule has 2 unspecified atom stereocenters. The topological polar surface area (TPSA) is 93.3 Å². The van der Waals surface area contributed by atoms with Crippen molar-refractivity contribution >= 4 is 17.7 Å². The summed E-state index contributed by atoms with van der Waals surface area (Å²) in [7, 11) is 0. The van der Waals surface area contributed by atoms with Crippen LogP contribution in [0.4, 0.5) is 17.7 Å². The number of piperidine rings is 1. The molecule has 3 saturated heterocycles. The Kier molecular flexibility index (Phi) is 3.53. The van der Waals surface area contributed by atoms with Crippen molar-refractivity contribution in [3.05, 3.63) is 18.5 Å². The average molecular weight is 379 g/mol. The van der Waals surface area contributed by atoms with Gasteiger partial charge in [-0.05, 0) is 37.5 Å². The van der Waals surface area contributed by atoms with Gasteiger partial charge in [-0.15, -0.1) is 0 Å². The van der Waals surface area contributed by atoms with Crippen LogP contribution in [-0.4, -0.2) is 58.3 Å². The van der Waals surface area contributed by atoms with E-state index in [4.69, 9.17) is 20.4 Å². The zero-order chi connectivity index (χ0) is 18.7. The molecule has 2 aromatic rings. The first-order chi connectivity index (χ1) is 13.7. The van der Waals surface area contributed by atoms with Gasteiger partial charge in [0.15, 0.2) is 0 Å². The minimum atomic E-state index is 0.276. The Balaban J connectivity index is 1.36. The second-order valence-electron chi connectivity index (χ2n) is 8.73. The molecule has 0 amide bonds. The number of fused-ring (bicyclic) bond motifs is 2. The molecular weight excluding hydrogens is 354 g/mol. The first kappa shape index (κ1) is 16.5. The predicted molar refractivity (Wildman–Crippen MR) is 106 cm³/mol. The highest BCUT2D eigenvalue weighted by Crippen LogP contribution is 2.53. The van der Waals surface area contributed by atoms with Crippen molar-refractivity contribution in [1.82, 2.24) is 19.9 Å². The van der Waals surface area contributed by atoms with Gasteiger partial charge >= 0.3 is 0 Å². The van der Waals surface area contributed by atoms with Crippen molar-refractivity contribution in [3.63, 3.8) is 0 Å². The number of ether oxygens (including phenoxy) is 1. The molecule has 8 heteroatoms. The Morgan fingerprint density at radius 3 is 2.50 bits per heavy atom. The van der Waals surface area contributed by atoms with Gasteiger partial charge < -0.3 is 20.3 Å². The summed E-state index contributed by atoms with van der Waals surface area (Å²) in [5.41, 5.74) is 8.03. The van der Waals surface area contributed by atoms with Crippen LogP contribution >= 0.6 is 0 Å². The summed E-state index contributed by atoms with van der Waals surface area (Å²) in [6, 6.07) is 2.48. The predicted octanol–water partition coefficient (Wildman–Crippen LogP) is 1.87. The van der Waals surface area contributed by atoms with Crippen LogP contribution in [0, 0.1) is 5.41 Å². The van der Waals surface area contributed by atoms with E-state index in [-0.39, 0.29) is 5.95 Å². The van der Waals surface area contributed by atoms with Gasteiger partial charge in [-0.1, -0.05) is 0 Å². The van der Waals surface area contributed by atoms with Crippen LogP contribution in [-0.2, 0) is 4.74 Å². The van der Waals surface area contributed by atoms with E-state index in [2.05, 4.69) is 25.8 Å². The van der Waals surface area contributed by atoms with Gasteiger partial charge in [0.2, 0.25) is 11.9 Å². The van der Waals surface area contributed by atoms with Gasteiger partial charge in [0.05, 0.1) is 24.4 Å². The van der Waals surface area contributed by atoms with Gasteiger partial charge in [-0.2, -0.15) is 4.98 Å². The van der Waals surface area contributed by atoms with Crippen molar-refractivity contribution in [1.29, 1.82) is 0 Å². The van der Waals surface area contributed by atoms with E-state index in [0.29, 0.717) is 17.6 Å². The second kappa shape index (κ2) is 6.01. The van der Waals surface area contributed by atoms with E-state index in [1.165, 1.54) is 25.7 Å². The van der Waals surface area contributed by atoms with Gasteiger partial charge in [0.25, 0.3) is 0 Å². The van der Waals surface area contributed by atoms with Crippen molar-refractivity contribution in [2.75, 3.05) is 41.8 Å². The number of aromatic nitrogens is 4. The van der Waals surface area contributed by atoms with Gasteiger partial charge in [0, 0.05) is 43.7 Å². The number of hydrogen-bond acceptors (Lipinski definition) is 8. The lowest BCUT2D eigenvalue weighted by Gasteiger charge is -2.34. The third kappa shape index (κ3) is 2.78. The summed E-state index contributed by atoms with van der Waals surface area (Å²) < 4.78 is 5.78. The third-order valence-electron chi connectivity index (χ3n) is 6.93. The largest absolute Gasteiger partial charge is 0.374 e. The van der Waals surface area contributed by atoms with Crippen molar-refractivity contribution in [2.45, 2.75) is 44.2 Å². The van der Waals surface area contributed by atoms with E-state index in [1.807, 2.05) is 0 Å². The highest BCUT2D eigenvalue weighted by atomic mass is 16.5. The molecule has 28 heavy (non-hydrogen) atoms. The van der Waals surface area contributed by atoms with Crippen LogP contribution in [0.15, 0.2) is 18.5 Å². The number of nitrogens with two attached hydrogens (primary N) is 1. The van der Waals surface area contributed by atoms with Crippen molar-refractivity contribution in [3.8, 4) is 11.3 Å². The molecule has 2 bridgehead atoms. The van der Waals surface area contributed by atoms with E-state index >= 15 is 0 Å². The number of nitrogens with zero attached hydrogens (tertiary/aromatic N) is 6. The number of anilines is 3. The normalized spacial score (nSPS) is 27.6. The van der Waals surface area contributed by atoms with Crippen LogP contribution in [0.2, 0.25) is 0 Å². The Morgan fingerprint density at radius 2 is 1.86 bits per heavy atom. The lowest BCUT2D eigenvalue weighted by Crippen LogP contribution is -2.39. The Morgan fingerprint density at radius 1 is 1.07 bits per heavy atom. The second-order valence-corrected chi connectivity index (χ2v) is 8.73. The third-order valence-corrected chi connectivity index (χ3v) is 6.93. The minimum Gasteiger partial charge on any atom is -0.374 e. The summed E-state index contributed by atoms with van der Waals surface area (Å²) in [4.78, 5) is 22.9. The average Bonchev–Trinajstić information content (AvgIpc) is 3.15. The minimum absolute atomic E-state index is 0.276. The highest BCUT2D eigenvalue weighted by molar-refractivity contribution is 5.64. The summed E-state index contributed by atoms with van der Waals surface area (Å²) in [6.45, 7) is 3.77. The van der Waals surface area contributed by atoms with Crippen LogP contribution in [0.1, 0.15) is 32.1 Å². The number of nitrogen functional groups attached to an aromatic ring is 1. The number of hydrogen-bond donors (Lipinski definition) is 1. The summed E-state index contributed by atoms with van der Waals surface area (Å²) in [6.07, 6.45) is 10.2. The molecule has 4 fully saturated rings. The molecule has 1 spiro atoms. The molecule has 5 heterocycles. The fraction of sp³-hybridized carbons (Fsp3) is 0.600. The quantitative estimate of drug-likeness (QED) is 0.864. The Bertz CT molecular complexity index is 888. The molecule has 6 rings (SSSR count). The van der Waals surface area contributed by atoms with Crippen molar-refractivity contribution < 1.29 is 4.74 Å². The van der Waals surface area contributed by atoms with Gasteiger partial charge in [0.1, 0.15) is 5.82 Å². The summed E-state index contributed by atoms with van der Waals surface area (Å²) in [5, 5.41) is 0. The maximum absolute atomic E-state index is 5.78. The molecule has 146 valence electrons. The van der Waals surface area contributed by atoms with E-state index in [1.54, 1.807) is 12.4 Å². The lowest BCUT2D eigenvalue weighted by atomic mass is 9.94. The molecule has 2 N–H and O–H groups in total. The zero-order valence-corrected chi connectivity index (χ0v) is 15.9. The molecule has 2 aromatic heterocycles. The fourth-order valence-electron chi connectivity index (χ4n) is 4.87. The van der Waals surface area contributed by atoms with Gasteiger partial charge in [-0.3, -0.25) is 0 Å². The molecule has 3 aliphatic heterocycles. The Labute approximate surface area is 164 Å². The molecule has 8 nitrogen and oxygen atoms in total. The molecule has 1 saturated carbocycles. The fourth-order valence-corrected chi connectivity index (χ4v) is 4.87. The van der Waals surface area contributed by atoms with Crippen LogP contribution in [0.25, 0.3) is 11.3 Å². The number of rotatable bonds is 3. The molecule has 4 aliphatic rings.